The molecule has 0 amide bonds. The van der Waals surface area contributed by atoms with E-state index in [1.807, 2.05) is 0 Å². The fraction of sp³-hybridized carbons (Fsp3) is 0.364. The number of ether oxygens (including phenoxy) is 1. The van der Waals surface area contributed by atoms with Crippen molar-refractivity contribution in [2.75, 3.05) is 0 Å². The van der Waals surface area contributed by atoms with Crippen molar-refractivity contribution in [2.24, 2.45) is 0 Å². The van der Waals surface area contributed by atoms with Gasteiger partial charge in [-0.25, -0.2) is 0 Å². The quantitative estimate of drug-likeness (QED) is 0.304. The van der Waals surface area contributed by atoms with Crippen LogP contribution in [0.2, 0.25) is 0 Å². The number of carbonyl (C=O) groups is 1. The molecule has 1 unspecified atom stereocenters. The minimum absolute atomic E-state index is 0.312. The summed E-state index contributed by atoms with van der Waals surface area (Å²) in [4.78, 5) is 10.4. The monoisotopic (exact) mass is 396 g/mol. The summed E-state index contributed by atoms with van der Waals surface area (Å²) in [6, 6.07) is 2.18. The number of halogens is 7. The maximum absolute atomic E-state index is 12.3. The van der Waals surface area contributed by atoms with Crippen LogP contribution in [0.25, 0.3) is 0 Å². The minimum atomic E-state index is -5.07. The van der Waals surface area contributed by atoms with E-state index in [-0.39, 0.29) is 5.56 Å². The molecule has 0 radical (unpaired) electrons. The Morgan fingerprint density at radius 3 is 2.19 bits per heavy atom. The van der Waals surface area contributed by atoms with E-state index >= 15 is 0 Å². The van der Waals surface area contributed by atoms with Crippen LogP contribution in [-0.4, -0.2) is 22.5 Å². The van der Waals surface area contributed by atoms with Crippen LogP contribution >= 0.6 is 27.7 Å². The van der Waals surface area contributed by atoms with Crippen molar-refractivity contribution in [2.45, 2.75) is 28.5 Å². The van der Waals surface area contributed by atoms with Gasteiger partial charge in [-0.2, -0.15) is 13.2 Å². The van der Waals surface area contributed by atoms with Crippen LogP contribution < -0.4 is 4.74 Å². The van der Waals surface area contributed by atoms with Crippen LogP contribution in [0.5, 0.6) is 5.75 Å². The molecule has 0 heterocycles. The summed E-state index contributed by atoms with van der Waals surface area (Å²) in [5.74, 6) is -1.54. The number of alkyl halides is 7. The van der Waals surface area contributed by atoms with Gasteiger partial charge in [0.25, 0.3) is 0 Å². The number of thioether (sulfide) groups is 1. The molecule has 0 aliphatic rings. The van der Waals surface area contributed by atoms with Crippen molar-refractivity contribution in [3.8, 4) is 5.75 Å². The van der Waals surface area contributed by atoms with Gasteiger partial charge in [0.05, 0.1) is 4.83 Å². The summed E-state index contributed by atoms with van der Waals surface area (Å²) in [5, 5.41) is 0. The van der Waals surface area contributed by atoms with Crippen LogP contribution in [0.3, 0.4) is 0 Å². The van der Waals surface area contributed by atoms with Crippen LogP contribution in [-0.2, 0) is 0 Å². The first-order valence-electron chi connectivity index (χ1n) is 5.22. The number of carbonyl (C=O) groups excluding carboxylic acids is 1. The number of Topliss-reactive ketones (excluding diaryl/α,β-unsaturated/α-hetero) is 1. The molecule has 0 saturated heterocycles. The lowest BCUT2D eigenvalue weighted by Gasteiger charge is -2.13. The van der Waals surface area contributed by atoms with Crippen molar-refractivity contribution >= 4 is 33.5 Å². The highest BCUT2D eigenvalue weighted by Crippen LogP contribution is 2.39. The normalized spacial score (nSPS) is 13.9. The second kappa shape index (κ2) is 6.47. The zero-order chi connectivity index (χ0) is 16.4. The molecule has 0 fully saturated rings. The molecule has 1 aromatic rings. The summed E-state index contributed by atoms with van der Waals surface area (Å²) < 4.78 is 77.0. The molecular weight excluding hydrogens is 390 g/mol. The van der Waals surface area contributed by atoms with Gasteiger partial charge in [0, 0.05) is 10.5 Å². The lowest BCUT2D eigenvalue weighted by Crippen LogP contribution is -2.18. The molecule has 118 valence electrons. The molecule has 0 aromatic heterocycles. The number of rotatable bonds is 4. The Labute approximate surface area is 128 Å². The molecule has 1 atom stereocenters. The largest absolute Gasteiger partial charge is 0.573 e. The predicted molar refractivity (Wildman–Crippen MR) is 67.8 cm³/mol. The Bertz CT molecular complexity index is 492. The standard InChI is InChI=1S/C11H7BrF6O2S/c1-5(12)9(19)6-2-7(20-10(13,14)15)4-8(3-6)21-11(16,17)18/h2-5H,1H3. The fourth-order valence-electron chi connectivity index (χ4n) is 1.33. The fourth-order valence-corrected chi connectivity index (χ4v) is 2.22. The van der Waals surface area contributed by atoms with E-state index in [1.165, 1.54) is 6.92 Å². The average Bonchev–Trinajstić information content (AvgIpc) is 2.22. The highest BCUT2D eigenvalue weighted by Gasteiger charge is 2.33. The highest BCUT2D eigenvalue weighted by atomic mass is 79.9. The summed E-state index contributed by atoms with van der Waals surface area (Å²) in [7, 11) is 0. The molecule has 0 spiro atoms. The van der Waals surface area contributed by atoms with Gasteiger partial charge in [-0.1, -0.05) is 15.9 Å². The smallest absolute Gasteiger partial charge is 0.406 e. The van der Waals surface area contributed by atoms with E-state index < -0.39 is 44.9 Å². The Morgan fingerprint density at radius 1 is 1.19 bits per heavy atom. The van der Waals surface area contributed by atoms with Gasteiger partial charge in [-0.05, 0) is 36.9 Å². The van der Waals surface area contributed by atoms with Crippen molar-refractivity contribution in [1.82, 2.24) is 0 Å². The van der Waals surface area contributed by atoms with E-state index in [2.05, 4.69) is 20.7 Å². The SMILES string of the molecule is CC(Br)C(=O)c1cc(OC(F)(F)F)cc(SC(F)(F)F)c1. The maximum Gasteiger partial charge on any atom is 0.573 e. The Hall–Kier alpha value is -0.900. The second-order valence-corrected chi connectivity index (χ2v) is 6.28. The van der Waals surface area contributed by atoms with Crippen molar-refractivity contribution in [3.05, 3.63) is 23.8 Å². The van der Waals surface area contributed by atoms with Crippen molar-refractivity contribution in [3.63, 3.8) is 0 Å². The van der Waals surface area contributed by atoms with Gasteiger partial charge in [-0.15, -0.1) is 13.2 Å². The maximum atomic E-state index is 12.3. The molecule has 0 aliphatic carbocycles. The lowest BCUT2D eigenvalue weighted by molar-refractivity contribution is -0.274. The van der Waals surface area contributed by atoms with Crippen molar-refractivity contribution < 1.29 is 35.9 Å². The average molecular weight is 397 g/mol. The summed E-state index contributed by atoms with van der Waals surface area (Å²) in [6.07, 6.45) is -5.07. The van der Waals surface area contributed by atoms with E-state index in [4.69, 9.17) is 0 Å². The van der Waals surface area contributed by atoms with Gasteiger partial charge in [0.1, 0.15) is 5.75 Å². The van der Waals surface area contributed by atoms with Gasteiger partial charge >= 0.3 is 11.9 Å². The predicted octanol–water partition coefficient (Wildman–Crippen LogP) is 5.16. The van der Waals surface area contributed by atoms with Crippen LogP contribution in [0.1, 0.15) is 17.3 Å². The van der Waals surface area contributed by atoms with Crippen LogP contribution in [0.4, 0.5) is 26.3 Å². The van der Waals surface area contributed by atoms with Gasteiger partial charge in [0.15, 0.2) is 5.78 Å². The Kier molecular flexibility index (Phi) is 5.59. The second-order valence-electron chi connectivity index (χ2n) is 3.77. The number of hydrogen-bond donors (Lipinski definition) is 0. The third kappa shape index (κ3) is 6.60. The number of benzene rings is 1. The first kappa shape index (κ1) is 18.1. The zero-order valence-corrected chi connectivity index (χ0v) is 12.6. The summed E-state index contributed by atoms with van der Waals surface area (Å²) in [6.45, 7) is 1.40. The number of hydrogen-bond acceptors (Lipinski definition) is 3. The Morgan fingerprint density at radius 2 is 1.76 bits per heavy atom. The first-order chi connectivity index (χ1) is 9.37. The number of ketones is 1. The van der Waals surface area contributed by atoms with E-state index in [1.54, 1.807) is 0 Å². The summed E-state index contributed by atoms with van der Waals surface area (Å²) in [5.41, 5.74) is -5.01. The van der Waals surface area contributed by atoms with Gasteiger partial charge in [-0.3, -0.25) is 4.79 Å². The molecule has 0 saturated carbocycles. The van der Waals surface area contributed by atoms with Crippen molar-refractivity contribution in [1.29, 1.82) is 0 Å². The van der Waals surface area contributed by atoms with E-state index in [9.17, 15) is 31.1 Å². The molecule has 1 rings (SSSR count). The Balaban J connectivity index is 3.22. The van der Waals surface area contributed by atoms with E-state index in [0.717, 1.165) is 12.1 Å². The van der Waals surface area contributed by atoms with Gasteiger partial charge < -0.3 is 4.74 Å². The minimum Gasteiger partial charge on any atom is -0.406 e. The van der Waals surface area contributed by atoms with Crippen LogP contribution in [0.15, 0.2) is 23.1 Å². The third-order valence-electron chi connectivity index (χ3n) is 1.99. The zero-order valence-electron chi connectivity index (χ0n) is 10.2. The molecule has 10 heteroatoms. The molecule has 0 aliphatic heterocycles. The topological polar surface area (TPSA) is 26.3 Å². The lowest BCUT2D eigenvalue weighted by atomic mass is 10.1. The molecule has 0 N–H and O–H groups in total. The summed E-state index contributed by atoms with van der Waals surface area (Å²) >= 11 is 2.28. The third-order valence-corrected chi connectivity index (χ3v) is 3.11. The van der Waals surface area contributed by atoms with Gasteiger partial charge in [0.2, 0.25) is 0 Å². The molecular formula is C11H7BrF6O2S. The van der Waals surface area contributed by atoms with Crippen LogP contribution in [0, 0.1) is 0 Å². The highest BCUT2D eigenvalue weighted by molar-refractivity contribution is 9.10. The first-order valence-corrected chi connectivity index (χ1v) is 6.95. The molecule has 0 bridgehead atoms. The van der Waals surface area contributed by atoms with E-state index in [0.29, 0.717) is 6.07 Å². The molecule has 2 nitrogen and oxygen atoms in total. The molecule has 1 aromatic carbocycles. The molecule has 21 heavy (non-hydrogen) atoms.